The van der Waals surface area contributed by atoms with Crippen molar-refractivity contribution in [2.75, 3.05) is 10.7 Å². The molecule has 0 spiro atoms. The zero-order chi connectivity index (χ0) is 25.8. The largest absolute Gasteiger partial charge is 0.308 e. The van der Waals surface area contributed by atoms with Crippen LogP contribution in [0.3, 0.4) is 0 Å². The molecule has 0 fully saturated rings. The third-order valence-electron chi connectivity index (χ3n) is 7.51. The Hall–Kier alpha value is -2.61. The van der Waals surface area contributed by atoms with E-state index in [9.17, 15) is 9.59 Å². The molecule has 0 saturated heterocycles. The molecule has 2 aliphatic rings. The van der Waals surface area contributed by atoms with Crippen molar-refractivity contribution in [1.29, 1.82) is 0 Å². The number of halogens is 1. The maximum atomic E-state index is 14.1. The minimum atomic E-state index is -0.0770. The minimum Gasteiger partial charge on any atom is -0.308 e. The first kappa shape index (κ1) is 24.7. The van der Waals surface area contributed by atoms with Crippen LogP contribution in [0.1, 0.15) is 41.8 Å². The lowest BCUT2D eigenvalue weighted by Gasteiger charge is -2.23. The van der Waals surface area contributed by atoms with Gasteiger partial charge in [0.15, 0.2) is 5.16 Å². The van der Waals surface area contributed by atoms with Crippen molar-refractivity contribution in [1.82, 2.24) is 9.55 Å². The number of thiophene rings is 1. The lowest BCUT2D eigenvalue weighted by atomic mass is 9.89. The molecule has 1 amide bonds. The molecule has 2 aromatic heterocycles. The predicted molar refractivity (Wildman–Crippen MR) is 154 cm³/mol. The lowest BCUT2D eigenvalue weighted by molar-refractivity contribution is -0.116. The molecule has 1 aliphatic heterocycles. The number of aryl methyl sites for hydroxylation is 2. The topological polar surface area (TPSA) is 55.2 Å². The van der Waals surface area contributed by atoms with Crippen molar-refractivity contribution in [3.8, 4) is 5.69 Å². The number of thioether (sulfide) groups is 1. The second-order valence-electron chi connectivity index (χ2n) is 10.2. The van der Waals surface area contributed by atoms with Crippen molar-refractivity contribution >= 4 is 56.5 Å². The highest BCUT2D eigenvalue weighted by molar-refractivity contribution is 7.99. The number of hydrogen-bond donors (Lipinski definition) is 0. The van der Waals surface area contributed by atoms with Gasteiger partial charge in [0.2, 0.25) is 5.91 Å². The number of nitrogens with zero attached hydrogens (tertiary/aromatic N) is 3. The summed E-state index contributed by atoms with van der Waals surface area (Å²) in [4.78, 5) is 36.4. The van der Waals surface area contributed by atoms with Gasteiger partial charge in [0, 0.05) is 21.6 Å². The average Bonchev–Trinajstić information content (AvgIpc) is 3.40. The van der Waals surface area contributed by atoms with Crippen molar-refractivity contribution in [2.24, 2.45) is 5.92 Å². The Bertz CT molecular complexity index is 1610. The molecule has 0 saturated carbocycles. The highest BCUT2D eigenvalue weighted by Crippen LogP contribution is 2.38. The zero-order valence-electron chi connectivity index (χ0n) is 21.1. The molecule has 0 N–H and O–H groups in total. The number of carbonyl (C=O) groups excluding carboxylic acids is 1. The van der Waals surface area contributed by atoms with Crippen molar-refractivity contribution in [3.05, 3.63) is 79.4 Å². The molecule has 3 heterocycles. The molecule has 8 heteroatoms. The Labute approximate surface area is 229 Å². The van der Waals surface area contributed by atoms with E-state index in [-0.39, 0.29) is 23.3 Å². The van der Waals surface area contributed by atoms with Crippen molar-refractivity contribution in [2.45, 2.75) is 57.7 Å². The van der Waals surface area contributed by atoms with Crippen molar-refractivity contribution in [3.63, 3.8) is 0 Å². The van der Waals surface area contributed by atoms with E-state index in [1.54, 1.807) is 15.9 Å². The van der Waals surface area contributed by atoms with E-state index in [4.69, 9.17) is 16.6 Å². The van der Waals surface area contributed by atoms with Crippen LogP contribution in [0, 0.1) is 12.8 Å². The van der Waals surface area contributed by atoms with Gasteiger partial charge in [-0.1, -0.05) is 54.6 Å². The molecular weight excluding hydrogens is 522 g/mol. The maximum absolute atomic E-state index is 14.1. The van der Waals surface area contributed by atoms with Crippen LogP contribution in [0.15, 0.2) is 52.4 Å². The smallest absolute Gasteiger partial charge is 0.267 e. The molecule has 0 bridgehead atoms. The number of hydrogen-bond acceptors (Lipinski definition) is 5. The van der Waals surface area contributed by atoms with Crippen LogP contribution in [-0.4, -0.2) is 27.3 Å². The summed E-state index contributed by atoms with van der Waals surface area (Å²) in [6.07, 6.45) is 3.82. The molecule has 6 rings (SSSR count). The fourth-order valence-electron chi connectivity index (χ4n) is 5.56. The van der Waals surface area contributed by atoms with Crippen LogP contribution in [-0.2, 0) is 24.1 Å². The SMILES string of the molecule is Cc1ccc(-n2c(SCC(=O)N3c4ccccc4C[C@@H]3C)nc3sc4c(c3c2=O)CC[C@@H](C)C4)cc1Cl. The first-order valence-corrected chi connectivity index (χ1v) is 14.9. The number of anilines is 1. The molecule has 2 atom stereocenters. The monoisotopic (exact) mass is 549 g/mol. The van der Waals surface area contributed by atoms with E-state index in [1.165, 1.54) is 22.2 Å². The van der Waals surface area contributed by atoms with E-state index in [0.717, 1.165) is 52.7 Å². The second-order valence-corrected chi connectivity index (χ2v) is 12.7. The van der Waals surface area contributed by atoms with E-state index in [0.29, 0.717) is 21.8 Å². The molecule has 190 valence electrons. The van der Waals surface area contributed by atoms with Gasteiger partial charge in [-0.2, -0.15) is 0 Å². The summed E-state index contributed by atoms with van der Waals surface area (Å²) < 4.78 is 1.65. The Morgan fingerprint density at radius 1 is 1.19 bits per heavy atom. The predicted octanol–water partition coefficient (Wildman–Crippen LogP) is 6.60. The normalized spacial score (nSPS) is 18.8. The summed E-state index contributed by atoms with van der Waals surface area (Å²) in [6.45, 7) is 6.28. The molecule has 0 radical (unpaired) electrons. The van der Waals surface area contributed by atoms with Gasteiger partial charge >= 0.3 is 0 Å². The van der Waals surface area contributed by atoms with Gasteiger partial charge in [0.1, 0.15) is 4.83 Å². The standard InChI is InChI=1S/C29H28ClN3O2S2/c1-16-8-11-21-24(12-16)37-27-26(21)28(35)33(20-10-9-17(2)22(30)14-20)29(31-27)36-15-25(34)32-18(3)13-19-6-4-5-7-23(19)32/h4-7,9-10,14,16,18H,8,11-13,15H2,1-3H3/t16-,18+/m1/s1. The molecular formula is C29H28ClN3O2S2. The third kappa shape index (κ3) is 4.31. The second kappa shape index (κ2) is 9.61. The molecule has 4 aromatic rings. The summed E-state index contributed by atoms with van der Waals surface area (Å²) >= 11 is 9.43. The number of amides is 1. The van der Waals surface area contributed by atoms with E-state index < -0.39 is 0 Å². The number of aromatic nitrogens is 2. The van der Waals surface area contributed by atoms with Gasteiger partial charge in [-0.3, -0.25) is 14.2 Å². The molecule has 2 aromatic carbocycles. The number of carbonyl (C=O) groups is 1. The fourth-order valence-corrected chi connectivity index (χ4v) is 8.03. The Morgan fingerprint density at radius 3 is 2.81 bits per heavy atom. The van der Waals surface area contributed by atoms with Crippen LogP contribution >= 0.6 is 34.7 Å². The van der Waals surface area contributed by atoms with Gasteiger partial charge in [-0.15, -0.1) is 11.3 Å². The Morgan fingerprint density at radius 2 is 2.00 bits per heavy atom. The van der Waals surface area contributed by atoms with Gasteiger partial charge in [0.25, 0.3) is 5.56 Å². The van der Waals surface area contributed by atoms with Crippen LogP contribution in [0.2, 0.25) is 5.02 Å². The third-order valence-corrected chi connectivity index (χ3v) is 9.99. The van der Waals surface area contributed by atoms with Gasteiger partial charge in [-0.25, -0.2) is 4.98 Å². The number of benzene rings is 2. The highest BCUT2D eigenvalue weighted by Gasteiger charge is 2.31. The summed E-state index contributed by atoms with van der Waals surface area (Å²) in [5.41, 5.74) is 4.86. The fraction of sp³-hybridized carbons (Fsp3) is 0.345. The minimum absolute atomic E-state index is 0.0181. The van der Waals surface area contributed by atoms with E-state index >= 15 is 0 Å². The molecule has 37 heavy (non-hydrogen) atoms. The van der Waals surface area contributed by atoms with Gasteiger partial charge < -0.3 is 4.90 Å². The number of fused-ring (bicyclic) bond motifs is 4. The van der Waals surface area contributed by atoms with Crippen LogP contribution in [0.4, 0.5) is 5.69 Å². The van der Waals surface area contributed by atoms with E-state index in [1.807, 2.05) is 48.2 Å². The molecule has 5 nitrogen and oxygen atoms in total. The summed E-state index contributed by atoms with van der Waals surface area (Å²) in [5, 5.41) is 1.85. The van der Waals surface area contributed by atoms with Gasteiger partial charge in [-0.05, 0) is 80.3 Å². The van der Waals surface area contributed by atoms with Crippen molar-refractivity contribution < 1.29 is 4.79 Å². The summed E-state index contributed by atoms with van der Waals surface area (Å²) in [5.74, 6) is 0.818. The van der Waals surface area contributed by atoms with E-state index in [2.05, 4.69) is 19.9 Å². The maximum Gasteiger partial charge on any atom is 0.267 e. The van der Waals surface area contributed by atoms with Gasteiger partial charge in [0.05, 0.1) is 16.8 Å². The van der Waals surface area contributed by atoms with Crippen LogP contribution in [0.5, 0.6) is 0 Å². The highest BCUT2D eigenvalue weighted by atomic mass is 35.5. The number of rotatable bonds is 4. The Balaban J connectivity index is 1.42. The number of para-hydroxylation sites is 1. The Kier molecular flexibility index (Phi) is 6.42. The molecule has 1 aliphatic carbocycles. The molecule has 0 unspecified atom stereocenters. The zero-order valence-corrected chi connectivity index (χ0v) is 23.5. The first-order chi connectivity index (χ1) is 17.8. The summed E-state index contributed by atoms with van der Waals surface area (Å²) in [6, 6.07) is 13.8. The lowest BCUT2D eigenvalue weighted by Crippen LogP contribution is -2.37. The van der Waals surface area contributed by atoms with Crippen LogP contribution < -0.4 is 10.5 Å². The first-order valence-electron chi connectivity index (χ1n) is 12.7. The van der Waals surface area contributed by atoms with Crippen LogP contribution in [0.25, 0.3) is 15.9 Å². The average molecular weight is 550 g/mol. The quantitative estimate of drug-likeness (QED) is 0.212. The summed E-state index contributed by atoms with van der Waals surface area (Å²) in [7, 11) is 0.